The molecule has 4 heteroatoms. The molecule has 0 saturated heterocycles. The van der Waals surface area contributed by atoms with E-state index in [1.807, 2.05) is 12.1 Å². The van der Waals surface area contributed by atoms with Crippen molar-refractivity contribution in [2.45, 2.75) is 13.0 Å². The first-order valence-electron chi connectivity index (χ1n) is 4.58. The van der Waals surface area contributed by atoms with Crippen LogP contribution in [0.25, 0.3) is 5.32 Å². The van der Waals surface area contributed by atoms with Crippen molar-refractivity contribution in [2.24, 2.45) is 4.99 Å². The van der Waals surface area contributed by atoms with Gasteiger partial charge in [-0.15, -0.1) is 0 Å². The molecule has 2 rings (SSSR count). The third kappa shape index (κ3) is 2.47. The van der Waals surface area contributed by atoms with Crippen LogP contribution in [0.1, 0.15) is 12.5 Å². The van der Waals surface area contributed by atoms with Gasteiger partial charge in [-0.1, -0.05) is 0 Å². The fourth-order valence-electron chi connectivity index (χ4n) is 1.49. The van der Waals surface area contributed by atoms with Crippen LogP contribution in [0.2, 0.25) is 0 Å². The Kier molecular flexibility index (Phi) is 4.36. The molecule has 0 spiro atoms. The van der Waals surface area contributed by atoms with Crippen molar-refractivity contribution in [2.75, 3.05) is 6.54 Å². The van der Waals surface area contributed by atoms with E-state index in [4.69, 9.17) is 0 Å². The van der Waals surface area contributed by atoms with Gasteiger partial charge in [0.25, 0.3) is 0 Å². The summed E-state index contributed by atoms with van der Waals surface area (Å²) >= 11 is 2.09. The minimum atomic E-state index is 0. The van der Waals surface area contributed by atoms with E-state index in [9.17, 15) is 0 Å². The molecule has 0 aromatic heterocycles. The van der Waals surface area contributed by atoms with Crippen LogP contribution in [-0.4, -0.2) is 36.1 Å². The van der Waals surface area contributed by atoms with Gasteiger partial charge in [0.15, 0.2) is 0 Å². The van der Waals surface area contributed by atoms with E-state index in [1.54, 1.807) is 0 Å². The number of nitrogens with zero attached hydrogens (tertiary/aromatic N) is 2. The van der Waals surface area contributed by atoms with Crippen molar-refractivity contribution in [1.82, 2.24) is 0 Å². The van der Waals surface area contributed by atoms with Crippen molar-refractivity contribution in [3.8, 4) is 0 Å². The Morgan fingerprint density at radius 1 is 1.43 bits per heavy atom. The standard InChI is InChI=1S/C10H10N2.2Li/c1-8-7-11-10(12-8)9-5-3-2-4-6-9;;/h2-5,8H,7H2,1H3;;/q-1;;+1. The third-order valence-corrected chi connectivity index (χ3v) is 2.23. The van der Waals surface area contributed by atoms with Gasteiger partial charge in [-0.3, -0.25) is 0 Å². The molecule has 1 atom stereocenters. The molecule has 1 aromatic carbocycles. The fourth-order valence-corrected chi connectivity index (χ4v) is 1.49. The third-order valence-electron chi connectivity index (χ3n) is 2.23. The van der Waals surface area contributed by atoms with Crippen molar-refractivity contribution in [1.29, 1.82) is 0 Å². The molecule has 1 aliphatic heterocycles. The zero-order valence-corrected chi connectivity index (χ0v) is 8.99. The summed E-state index contributed by atoms with van der Waals surface area (Å²) in [4.78, 5) is 4.47. The van der Waals surface area contributed by atoms with Crippen molar-refractivity contribution < 1.29 is 18.9 Å². The second-order valence-corrected chi connectivity index (χ2v) is 3.46. The van der Waals surface area contributed by atoms with Gasteiger partial charge >= 0.3 is 106 Å². The Balaban J connectivity index is 0.000000980. The van der Waals surface area contributed by atoms with Gasteiger partial charge in [0.2, 0.25) is 0 Å². The monoisotopic (exact) mass is 172 g/mol. The maximum absolute atomic E-state index is 4.47. The first-order chi connectivity index (χ1) is 6.27. The van der Waals surface area contributed by atoms with E-state index >= 15 is 0 Å². The van der Waals surface area contributed by atoms with Crippen LogP contribution >= 0.6 is 0 Å². The number of aliphatic imine (C=N–C) groups is 1. The molecule has 62 valence electrons. The Morgan fingerprint density at radius 3 is 2.71 bits per heavy atom. The molecular weight excluding hydrogens is 162 g/mol. The van der Waals surface area contributed by atoms with Gasteiger partial charge in [-0.05, 0) is 0 Å². The fraction of sp³-hybridized carbons (Fsp3) is 0.300. The number of hydrogen-bond donors (Lipinski definition) is 0. The van der Waals surface area contributed by atoms with Gasteiger partial charge in [0.1, 0.15) is 0 Å². The minimum absolute atomic E-state index is 0. The van der Waals surface area contributed by atoms with E-state index in [1.165, 1.54) is 9.80 Å². The normalized spacial score (nSPS) is 19.6. The molecule has 1 unspecified atom stereocenters. The summed E-state index contributed by atoms with van der Waals surface area (Å²) in [6.07, 6.45) is 0. The first-order valence-corrected chi connectivity index (χ1v) is 4.58. The van der Waals surface area contributed by atoms with Crippen LogP contribution in [0, 0.1) is 0 Å². The number of amidine groups is 1. The van der Waals surface area contributed by atoms with Crippen LogP contribution in [0.15, 0.2) is 29.3 Å². The van der Waals surface area contributed by atoms with Crippen molar-refractivity contribution in [3.63, 3.8) is 0 Å². The summed E-state index contributed by atoms with van der Waals surface area (Å²) < 4.78 is 1.25. The van der Waals surface area contributed by atoms with Crippen LogP contribution < -0.4 is 23.1 Å². The molecular formula is C10H10Li2N2. The summed E-state index contributed by atoms with van der Waals surface area (Å²) in [5, 5.41) is 4.40. The molecule has 1 heterocycles. The molecule has 0 radical (unpaired) electrons. The Hall–Kier alpha value is -0.115. The number of hydrogen-bond acceptors (Lipinski definition) is 1. The molecule has 0 fully saturated rings. The topological polar surface area (TPSA) is 26.5 Å². The molecule has 0 N–H and O–H groups in total. The van der Waals surface area contributed by atoms with Crippen LogP contribution in [0.5, 0.6) is 0 Å². The maximum atomic E-state index is 4.47. The predicted molar refractivity (Wildman–Crippen MR) is 56.1 cm³/mol. The van der Waals surface area contributed by atoms with Crippen molar-refractivity contribution in [3.05, 3.63) is 35.1 Å². The molecule has 1 aromatic rings. The molecule has 1 aliphatic rings. The van der Waals surface area contributed by atoms with Crippen LogP contribution in [0.3, 0.4) is 0 Å². The average Bonchev–Trinajstić information content (AvgIpc) is 2.53. The second-order valence-electron chi connectivity index (χ2n) is 3.46. The molecule has 2 nitrogen and oxygen atoms in total. The van der Waals surface area contributed by atoms with Crippen LogP contribution in [-0.2, 0) is 0 Å². The average molecular weight is 172 g/mol. The quantitative estimate of drug-likeness (QED) is 0.438. The second kappa shape index (κ2) is 5.10. The van der Waals surface area contributed by atoms with Gasteiger partial charge in [-0.25, -0.2) is 0 Å². The van der Waals surface area contributed by atoms with Gasteiger partial charge < -0.3 is 0 Å². The van der Waals surface area contributed by atoms with Gasteiger partial charge in [-0.2, -0.15) is 0 Å². The number of rotatable bonds is 1. The SMILES string of the molecule is [Li+].[Li][c]1ccccc1C1=NC(C)C[N-]1. The van der Waals surface area contributed by atoms with Gasteiger partial charge in [0, 0.05) is 0 Å². The van der Waals surface area contributed by atoms with Crippen molar-refractivity contribution >= 4 is 27.8 Å². The molecule has 0 bridgehead atoms. The van der Waals surface area contributed by atoms with E-state index in [0.29, 0.717) is 6.04 Å². The summed E-state index contributed by atoms with van der Waals surface area (Å²) in [5.41, 5.74) is 1.17. The Labute approximate surface area is 106 Å². The van der Waals surface area contributed by atoms with E-state index < -0.39 is 0 Å². The zero-order valence-electron chi connectivity index (χ0n) is 8.99. The first kappa shape index (κ1) is 12.0. The van der Waals surface area contributed by atoms with Gasteiger partial charge in [0.05, 0.1) is 0 Å². The Morgan fingerprint density at radius 2 is 2.14 bits per heavy atom. The van der Waals surface area contributed by atoms with E-state index in [2.05, 4.69) is 47.1 Å². The van der Waals surface area contributed by atoms with Crippen LogP contribution in [0.4, 0.5) is 0 Å². The summed E-state index contributed by atoms with van der Waals surface area (Å²) in [6, 6.07) is 8.60. The molecule has 0 amide bonds. The predicted octanol–water partition coefficient (Wildman–Crippen LogP) is -1.99. The number of benzene rings is 1. The zero-order chi connectivity index (χ0) is 9.26. The van der Waals surface area contributed by atoms with E-state index in [-0.39, 0.29) is 18.9 Å². The van der Waals surface area contributed by atoms with E-state index in [0.717, 1.165) is 12.4 Å². The Bertz CT molecular complexity index is 350. The summed E-state index contributed by atoms with van der Waals surface area (Å²) in [6.45, 7) is 2.93. The molecule has 0 aliphatic carbocycles. The molecule has 14 heavy (non-hydrogen) atoms. The molecule has 0 saturated carbocycles. The summed E-state index contributed by atoms with van der Waals surface area (Å²) in [5.74, 6) is 0.922. The summed E-state index contributed by atoms with van der Waals surface area (Å²) in [7, 11) is 0.